The van der Waals surface area contributed by atoms with Crippen LogP contribution in [0.2, 0.25) is 5.02 Å². The quantitative estimate of drug-likeness (QED) is 0.320. The number of methoxy groups -OCH3 is 1. The van der Waals surface area contributed by atoms with Gasteiger partial charge in [0.2, 0.25) is 5.91 Å². The number of carbonyl (C=O) groups is 2. The lowest BCUT2D eigenvalue weighted by Crippen LogP contribution is -2.14. The maximum atomic E-state index is 11.9. The number of Topliss-reactive ketones (excluding diaryl/α,β-unsaturated/α-hetero) is 1. The fourth-order valence-corrected chi connectivity index (χ4v) is 2.26. The van der Waals surface area contributed by atoms with E-state index >= 15 is 0 Å². The zero-order valence-corrected chi connectivity index (χ0v) is 15.2. The van der Waals surface area contributed by atoms with Crippen molar-refractivity contribution in [3.8, 4) is 5.75 Å². The van der Waals surface area contributed by atoms with E-state index in [0.717, 1.165) is 0 Å². The van der Waals surface area contributed by atoms with E-state index in [1.54, 1.807) is 6.07 Å². The van der Waals surface area contributed by atoms with Crippen LogP contribution >= 0.6 is 11.6 Å². The van der Waals surface area contributed by atoms with Crippen molar-refractivity contribution in [3.63, 3.8) is 0 Å². The van der Waals surface area contributed by atoms with Gasteiger partial charge in [-0.15, -0.1) is 10.2 Å². The normalized spacial score (nSPS) is 10.6. The highest BCUT2D eigenvalue weighted by molar-refractivity contribution is 6.30. The number of azo groups is 1. The molecule has 0 aliphatic rings. The summed E-state index contributed by atoms with van der Waals surface area (Å²) in [4.78, 5) is 33.5. The predicted molar refractivity (Wildman–Crippen MR) is 99.2 cm³/mol. The van der Waals surface area contributed by atoms with Crippen LogP contribution in [0.4, 0.5) is 22.7 Å². The molecule has 2 rings (SSSR count). The van der Waals surface area contributed by atoms with E-state index < -0.39 is 10.8 Å². The van der Waals surface area contributed by atoms with Crippen molar-refractivity contribution in [3.05, 3.63) is 51.5 Å². The van der Waals surface area contributed by atoms with Gasteiger partial charge in [0.15, 0.2) is 5.69 Å². The average molecular weight is 391 g/mol. The van der Waals surface area contributed by atoms with Crippen molar-refractivity contribution < 1.29 is 19.2 Å². The van der Waals surface area contributed by atoms with Crippen LogP contribution in [0.25, 0.3) is 0 Å². The summed E-state index contributed by atoms with van der Waals surface area (Å²) in [5.74, 6) is -0.380. The molecule has 0 aromatic heterocycles. The summed E-state index contributed by atoms with van der Waals surface area (Å²) in [5.41, 5.74) is 0.166. The molecule has 1 N–H and O–H groups in total. The SMILES string of the molecule is COc1ccc(N=Nc2cc(Cl)ccc2[N+](=O)[O-])c(NC(=O)CC(C)=O)c1. The Morgan fingerprint density at radius 3 is 2.52 bits per heavy atom. The number of nitrogens with zero attached hydrogens (tertiary/aromatic N) is 3. The lowest BCUT2D eigenvalue weighted by Gasteiger charge is -2.09. The summed E-state index contributed by atoms with van der Waals surface area (Å²) >= 11 is 5.86. The third kappa shape index (κ3) is 5.58. The van der Waals surface area contributed by atoms with E-state index in [1.165, 1.54) is 44.4 Å². The first-order valence-corrected chi connectivity index (χ1v) is 8.01. The van der Waals surface area contributed by atoms with Gasteiger partial charge in [-0.05, 0) is 31.2 Å². The van der Waals surface area contributed by atoms with Crippen LogP contribution in [0.3, 0.4) is 0 Å². The van der Waals surface area contributed by atoms with Crippen LogP contribution in [-0.2, 0) is 9.59 Å². The lowest BCUT2D eigenvalue weighted by atomic mass is 10.2. The van der Waals surface area contributed by atoms with Gasteiger partial charge < -0.3 is 10.1 Å². The minimum Gasteiger partial charge on any atom is -0.497 e. The van der Waals surface area contributed by atoms with Gasteiger partial charge in [-0.25, -0.2) is 0 Å². The molecule has 27 heavy (non-hydrogen) atoms. The Morgan fingerprint density at radius 1 is 1.19 bits per heavy atom. The molecule has 1 amide bonds. The number of halogens is 1. The molecule has 0 bridgehead atoms. The minimum atomic E-state index is -0.603. The molecule has 0 unspecified atom stereocenters. The van der Waals surface area contributed by atoms with Gasteiger partial charge in [0.25, 0.3) is 5.69 Å². The molecular formula is C17H15ClN4O5. The second kappa shape index (κ2) is 8.86. The summed E-state index contributed by atoms with van der Waals surface area (Å²) < 4.78 is 5.10. The van der Waals surface area contributed by atoms with Crippen molar-refractivity contribution in [2.45, 2.75) is 13.3 Å². The third-order valence-electron chi connectivity index (χ3n) is 3.29. The van der Waals surface area contributed by atoms with Crippen LogP contribution in [-0.4, -0.2) is 23.7 Å². The number of benzene rings is 2. The van der Waals surface area contributed by atoms with Gasteiger partial charge in [-0.3, -0.25) is 19.7 Å². The zero-order valence-electron chi connectivity index (χ0n) is 14.4. The van der Waals surface area contributed by atoms with Gasteiger partial charge in [-0.2, -0.15) is 0 Å². The van der Waals surface area contributed by atoms with Crippen molar-refractivity contribution in [2.24, 2.45) is 10.2 Å². The van der Waals surface area contributed by atoms with Crippen molar-refractivity contribution in [1.29, 1.82) is 0 Å². The topological polar surface area (TPSA) is 123 Å². The van der Waals surface area contributed by atoms with Crippen LogP contribution in [0.15, 0.2) is 46.6 Å². The van der Waals surface area contributed by atoms with Crippen molar-refractivity contribution >= 4 is 46.0 Å². The Hall–Kier alpha value is -3.33. The first-order chi connectivity index (χ1) is 12.8. The summed E-state index contributed by atoms with van der Waals surface area (Å²) in [5, 5.41) is 21.8. The fraction of sp³-hybridized carbons (Fsp3) is 0.176. The summed E-state index contributed by atoms with van der Waals surface area (Å²) in [6.07, 6.45) is -0.298. The molecule has 2 aromatic rings. The Labute approximate surface area is 159 Å². The van der Waals surface area contributed by atoms with Crippen molar-refractivity contribution in [2.75, 3.05) is 12.4 Å². The van der Waals surface area contributed by atoms with E-state index in [9.17, 15) is 19.7 Å². The van der Waals surface area contributed by atoms with E-state index in [-0.39, 0.29) is 40.0 Å². The average Bonchev–Trinajstić information content (AvgIpc) is 2.59. The van der Waals surface area contributed by atoms with E-state index in [0.29, 0.717) is 5.75 Å². The monoisotopic (exact) mass is 390 g/mol. The molecule has 0 saturated carbocycles. The molecule has 0 saturated heterocycles. The zero-order chi connectivity index (χ0) is 20.0. The summed E-state index contributed by atoms with van der Waals surface area (Å²) in [6, 6.07) is 8.50. The van der Waals surface area contributed by atoms with Crippen LogP contribution in [0.5, 0.6) is 5.75 Å². The van der Waals surface area contributed by atoms with E-state index in [2.05, 4.69) is 15.5 Å². The Morgan fingerprint density at radius 2 is 1.89 bits per heavy atom. The smallest absolute Gasteiger partial charge is 0.296 e. The molecule has 0 radical (unpaired) electrons. The number of nitro groups is 1. The molecule has 2 aromatic carbocycles. The molecule has 140 valence electrons. The minimum absolute atomic E-state index is 0.0377. The molecule has 0 fully saturated rings. The van der Waals surface area contributed by atoms with Crippen molar-refractivity contribution in [1.82, 2.24) is 0 Å². The second-order valence-corrected chi connectivity index (χ2v) is 5.84. The van der Waals surface area contributed by atoms with E-state index in [1.807, 2.05) is 0 Å². The number of nitro benzene ring substituents is 1. The number of rotatable bonds is 7. The highest BCUT2D eigenvalue weighted by Gasteiger charge is 2.15. The Kier molecular flexibility index (Phi) is 6.56. The number of hydrogen-bond acceptors (Lipinski definition) is 7. The number of ketones is 1. The van der Waals surface area contributed by atoms with Crippen LogP contribution in [0.1, 0.15) is 13.3 Å². The first kappa shape index (κ1) is 20.0. The standard InChI is InChI=1S/C17H15ClN4O5/c1-10(23)7-17(24)19-14-9-12(27-2)4-5-13(14)20-21-15-8-11(18)3-6-16(15)22(25)26/h3-6,8-9H,7H2,1-2H3,(H,19,24). The van der Waals surface area contributed by atoms with Gasteiger partial charge in [0.05, 0.1) is 24.1 Å². The number of ether oxygens (including phenoxy) is 1. The maximum Gasteiger partial charge on any atom is 0.296 e. The maximum absolute atomic E-state index is 11.9. The molecule has 0 atom stereocenters. The largest absolute Gasteiger partial charge is 0.497 e. The lowest BCUT2D eigenvalue weighted by molar-refractivity contribution is -0.384. The van der Waals surface area contributed by atoms with E-state index in [4.69, 9.17) is 16.3 Å². The molecule has 0 spiro atoms. The number of nitrogens with one attached hydrogen (secondary N) is 1. The summed E-state index contributed by atoms with van der Waals surface area (Å²) in [7, 11) is 1.45. The number of carbonyl (C=O) groups excluding carboxylic acids is 2. The van der Waals surface area contributed by atoms with Crippen LogP contribution < -0.4 is 10.1 Å². The van der Waals surface area contributed by atoms with Gasteiger partial charge in [0, 0.05) is 17.2 Å². The molecule has 0 aliphatic carbocycles. The molecule has 0 aliphatic heterocycles. The number of hydrogen-bond donors (Lipinski definition) is 1. The fourth-order valence-electron chi connectivity index (χ4n) is 2.09. The van der Waals surface area contributed by atoms with Gasteiger partial charge in [0.1, 0.15) is 17.2 Å². The molecule has 0 heterocycles. The molecule has 10 heteroatoms. The van der Waals surface area contributed by atoms with Crippen LogP contribution in [0, 0.1) is 10.1 Å². The molecule has 9 nitrogen and oxygen atoms in total. The van der Waals surface area contributed by atoms with Gasteiger partial charge >= 0.3 is 0 Å². The first-order valence-electron chi connectivity index (χ1n) is 7.63. The predicted octanol–water partition coefficient (Wildman–Crippen LogP) is 4.59. The Bertz CT molecular complexity index is 930. The number of anilines is 1. The van der Waals surface area contributed by atoms with Gasteiger partial charge in [-0.1, -0.05) is 11.6 Å². The highest BCUT2D eigenvalue weighted by atomic mass is 35.5. The number of amides is 1. The third-order valence-corrected chi connectivity index (χ3v) is 3.52. The highest BCUT2D eigenvalue weighted by Crippen LogP contribution is 2.34. The molecular weight excluding hydrogens is 376 g/mol. The second-order valence-electron chi connectivity index (χ2n) is 5.40. The Balaban J connectivity index is 2.39. The summed E-state index contributed by atoms with van der Waals surface area (Å²) in [6.45, 7) is 1.30.